The summed E-state index contributed by atoms with van der Waals surface area (Å²) < 4.78 is 0. The van der Waals surface area contributed by atoms with Gasteiger partial charge in [0.2, 0.25) is 0 Å². The highest BCUT2D eigenvalue weighted by atomic mass is 32.1. The molecule has 0 heterocycles. The van der Waals surface area contributed by atoms with E-state index in [9.17, 15) is 10.1 Å². The van der Waals surface area contributed by atoms with Crippen molar-refractivity contribution in [1.29, 1.82) is 0 Å². The molecule has 2 aromatic rings. The van der Waals surface area contributed by atoms with Gasteiger partial charge in [0.1, 0.15) is 5.69 Å². The molecule has 6 heteroatoms. The summed E-state index contributed by atoms with van der Waals surface area (Å²) in [4.78, 5) is 10.8. The summed E-state index contributed by atoms with van der Waals surface area (Å²) in [6, 6.07) is 11.2. The Hall–Kier alpha value is -2.47. The lowest BCUT2D eigenvalue weighted by Crippen LogP contribution is -2.20. The van der Waals surface area contributed by atoms with E-state index in [-0.39, 0.29) is 5.69 Å². The smallest absolute Gasteiger partial charge is 0.293 e. The molecular weight excluding hydrogens is 310 g/mol. The van der Waals surface area contributed by atoms with E-state index >= 15 is 0 Å². The molecule has 120 valence electrons. The minimum atomic E-state index is -0.409. The first-order valence-electron chi connectivity index (χ1n) is 7.33. The molecule has 23 heavy (non-hydrogen) atoms. The van der Waals surface area contributed by atoms with Gasteiger partial charge < -0.3 is 10.6 Å². The molecule has 0 atom stereocenters. The largest absolute Gasteiger partial charge is 0.332 e. The van der Waals surface area contributed by atoms with Crippen molar-refractivity contribution in [1.82, 2.24) is 0 Å². The summed E-state index contributed by atoms with van der Waals surface area (Å²) in [6.07, 6.45) is 0.970. The lowest BCUT2D eigenvalue weighted by atomic mass is 10.1. The second kappa shape index (κ2) is 7.19. The monoisotopic (exact) mass is 329 g/mol. The lowest BCUT2D eigenvalue weighted by molar-refractivity contribution is -0.384. The molecule has 0 bridgehead atoms. The van der Waals surface area contributed by atoms with E-state index in [1.54, 1.807) is 12.1 Å². The standard InChI is InChI=1S/C17H19N3O2S/c1-4-13-5-7-14(8-6-13)18-17(23)19-15-9-11(2)12(3)10-16(15)20(21)22/h5-10H,4H2,1-3H3,(H2,18,19,23). The number of benzene rings is 2. The van der Waals surface area contributed by atoms with Gasteiger partial charge >= 0.3 is 0 Å². The minimum Gasteiger partial charge on any atom is -0.332 e. The van der Waals surface area contributed by atoms with Crippen LogP contribution >= 0.6 is 12.2 Å². The Labute approximate surface area is 140 Å². The second-order valence-corrected chi connectivity index (χ2v) is 5.75. The Morgan fingerprint density at radius 1 is 1.13 bits per heavy atom. The molecule has 0 saturated carbocycles. The molecule has 2 N–H and O–H groups in total. The average Bonchev–Trinajstić information content (AvgIpc) is 2.51. The van der Waals surface area contributed by atoms with E-state index < -0.39 is 4.92 Å². The predicted molar refractivity (Wildman–Crippen MR) is 98.2 cm³/mol. The second-order valence-electron chi connectivity index (χ2n) is 5.34. The van der Waals surface area contributed by atoms with Crippen LogP contribution in [0.15, 0.2) is 36.4 Å². The van der Waals surface area contributed by atoms with Gasteiger partial charge in [-0.1, -0.05) is 19.1 Å². The Bertz CT molecular complexity index is 742. The molecule has 0 aromatic heterocycles. The van der Waals surface area contributed by atoms with Gasteiger partial charge in [-0.2, -0.15) is 0 Å². The number of rotatable bonds is 4. The SMILES string of the molecule is CCc1ccc(NC(=S)Nc2cc(C)c(C)cc2[N+](=O)[O-])cc1. The van der Waals surface area contributed by atoms with Crippen molar-refractivity contribution in [3.63, 3.8) is 0 Å². The Morgan fingerprint density at radius 3 is 2.30 bits per heavy atom. The summed E-state index contributed by atoms with van der Waals surface area (Å²) in [6.45, 7) is 5.84. The summed E-state index contributed by atoms with van der Waals surface area (Å²) in [5.41, 5.74) is 4.31. The maximum Gasteiger partial charge on any atom is 0.293 e. The summed E-state index contributed by atoms with van der Waals surface area (Å²) in [5.74, 6) is 0. The number of nitro benzene ring substituents is 1. The zero-order valence-corrected chi connectivity index (χ0v) is 14.2. The summed E-state index contributed by atoms with van der Waals surface area (Å²) in [7, 11) is 0. The highest BCUT2D eigenvalue weighted by Gasteiger charge is 2.16. The molecule has 0 radical (unpaired) electrons. The van der Waals surface area contributed by atoms with Gasteiger partial charge in [0, 0.05) is 11.8 Å². The van der Waals surface area contributed by atoms with Crippen LogP contribution in [0, 0.1) is 24.0 Å². The Balaban J connectivity index is 2.16. The highest BCUT2D eigenvalue weighted by molar-refractivity contribution is 7.80. The third-order valence-corrected chi connectivity index (χ3v) is 3.88. The Morgan fingerprint density at radius 2 is 1.74 bits per heavy atom. The van der Waals surface area contributed by atoms with E-state index in [1.807, 2.05) is 38.1 Å². The van der Waals surface area contributed by atoms with Gasteiger partial charge in [0.15, 0.2) is 5.11 Å². The molecule has 5 nitrogen and oxygen atoms in total. The van der Waals surface area contributed by atoms with Crippen LogP contribution < -0.4 is 10.6 Å². The van der Waals surface area contributed by atoms with Crippen molar-refractivity contribution < 1.29 is 4.92 Å². The predicted octanol–water partition coefficient (Wildman–Crippen LogP) is 4.58. The molecule has 2 rings (SSSR count). The van der Waals surface area contributed by atoms with Crippen LogP contribution in [0.3, 0.4) is 0 Å². The maximum atomic E-state index is 11.2. The van der Waals surface area contributed by atoms with Crippen LogP contribution in [0.2, 0.25) is 0 Å². The zero-order chi connectivity index (χ0) is 17.0. The molecule has 0 aliphatic heterocycles. The minimum absolute atomic E-state index is 0.0126. The number of nitrogens with zero attached hydrogens (tertiary/aromatic N) is 1. The number of hydrogen-bond donors (Lipinski definition) is 2. The molecule has 0 fully saturated rings. The van der Waals surface area contributed by atoms with Crippen molar-refractivity contribution in [3.05, 3.63) is 63.2 Å². The van der Waals surface area contributed by atoms with Crippen LogP contribution in [0.5, 0.6) is 0 Å². The van der Waals surface area contributed by atoms with Gasteiger partial charge in [-0.15, -0.1) is 0 Å². The molecule has 0 spiro atoms. The van der Waals surface area contributed by atoms with Crippen molar-refractivity contribution in [2.45, 2.75) is 27.2 Å². The van der Waals surface area contributed by atoms with Gasteiger partial charge in [-0.05, 0) is 67.4 Å². The van der Waals surface area contributed by atoms with Crippen LogP contribution in [0.4, 0.5) is 17.1 Å². The number of anilines is 2. The van der Waals surface area contributed by atoms with Gasteiger partial charge in [0.25, 0.3) is 5.69 Å². The van der Waals surface area contributed by atoms with E-state index in [0.717, 1.165) is 23.2 Å². The molecule has 0 saturated heterocycles. The first kappa shape index (κ1) is 16.9. The quantitative estimate of drug-likeness (QED) is 0.488. The van der Waals surface area contributed by atoms with Crippen molar-refractivity contribution in [2.75, 3.05) is 10.6 Å². The van der Waals surface area contributed by atoms with E-state index in [1.165, 1.54) is 5.56 Å². The fourth-order valence-corrected chi connectivity index (χ4v) is 2.39. The summed E-state index contributed by atoms with van der Waals surface area (Å²) >= 11 is 5.26. The first-order chi connectivity index (χ1) is 10.9. The molecule has 0 amide bonds. The molecular formula is C17H19N3O2S. The maximum absolute atomic E-state index is 11.2. The fourth-order valence-electron chi connectivity index (χ4n) is 2.16. The van der Waals surface area contributed by atoms with Crippen molar-refractivity contribution in [2.24, 2.45) is 0 Å². The fraction of sp³-hybridized carbons (Fsp3) is 0.235. The van der Waals surface area contributed by atoms with Crippen LogP contribution in [0.25, 0.3) is 0 Å². The van der Waals surface area contributed by atoms with E-state index in [4.69, 9.17) is 12.2 Å². The third kappa shape index (κ3) is 4.26. The number of aryl methyl sites for hydroxylation is 3. The van der Waals surface area contributed by atoms with Crippen LogP contribution in [-0.4, -0.2) is 10.0 Å². The Kier molecular flexibility index (Phi) is 5.28. The van der Waals surface area contributed by atoms with Gasteiger partial charge in [-0.25, -0.2) is 0 Å². The first-order valence-corrected chi connectivity index (χ1v) is 7.74. The van der Waals surface area contributed by atoms with E-state index in [0.29, 0.717) is 10.8 Å². The summed E-state index contributed by atoms with van der Waals surface area (Å²) in [5, 5.41) is 17.5. The third-order valence-electron chi connectivity index (χ3n) is 3.68. The zero-order valence-electron chi connectivity index (χ0n) is 13.3. The van der Waals surface area contributed by atoms with Gasteiger partial charge in [0.05, 0.1) is 4.92 Å². The molecule has 2 aromatic carbocycles. The molecule has 0 unspecified atom stereocenters. The molecule has 0 aliphatic carbocycles. The average molecular weight is 329 g/mol. The van der Waals surface area contributed by atoms with Crippen LogP contribution in [-0.2, 0) is 6.42 Å². The highest BCUT2D eigenvalue weighted by Crippen LogP contribution is 2.28. The number of hydrogen-bond acceptors (Lipinski definition) is 3. The number of nitro groups is 1. The number of nitrogens with one attached hydrogen (secondary N) is 2. The number of thiocarbonyl (C=S) groups is 1. The van der Waals surface area contributed by atoms with Crippen molar-refractivity contribution >= 4 is 34.4 Å². The van der Waals surface area contributed by atoms with Crippen molar-refractivity contribution in [3.8, 4) is 0 Å². The normalized spacial score (nSPS) is 10.2. The molecule has 0 aliphatic rings. The topological polar surface area (TPSA) is 67.2 Å². The van der Waals surface area contributed by atoms with Gasteiger partial charge in [-0.3, -0.25) is 10.1 Å². The van der Waals surface area contributed by atoms with E-state index in [2.05, 4.69) is 17.6 Å². The lowest BCUT2D eigenvalue weighted by Gasteiger charge is -2.12. The van der Waals surface area contributed by atoms with Crippen LogP contribution in [0.1, 0.15) is 23.6 Å².